The van der Waals surface area contributed by atoms with E-state index in [4.69, 9.17) is 0 Å². The predicted octanol–water partition coefficient (Wildman–Crippen LogP) is 6.77. The molecule has 0 aromatic rings. The van der Waals surface area contributed by atoms with Crippen molar-refractivity contribution in [3.8, 4) is 0 Å². The summed E-state index contributed by atoms with van der Waals surface area (Å²) in [6.07, 6.45) is 29.2. The summed E-state index contributed by atoms with van der Waals surface area (Å²) in [5.41, 5.74) is 0. The lowest BCUT2D eigenvalue weighted by Crippen LogP contribution is -2.45. The maximum absolute atomic E-state index is 12.1. The smallest absolute Gasteiger partial charge is 0.220 e. The molecule has 4 heteroatoms. The summed E-state index contributed by atoms with van der Waals surface area (Å²) in [5, 5.41) is 22.5. The summed E-state index contributed by atoms with van der Waals surface area (Å²) >= 11 is 0. The maximum atomic E-state index is 12.1. The lowest BCUT2D eigenvalue weighted by Gasteiger charge is -2.19. The molecule has 32 heavy (non-hydrogen) atoms. The zero-order chi connectivity index (χ0) is 23.7. The maximum Gasteiger partial charge on any atom is 0.220 e. The van der Waals surface area contributed by atoms with Gasteiger partial charge in [0.05, 0.1) is 18.8 Å². The highest BCUT2D eigenvalue weighted by atomic mass is 16.3. The van der Waals surface area contributed by atoms with Gasteiger partial charge in [0.2, 0.25) is 5.91 Å². The number of allylic oxidation sites excluding steroid dienone is 5. The molecule has 2 unspecified atom stereocenters. The fourth-order valence-electron chi connectivity index (χ4n) is 3.51. The van der Waals surface area contributed by atoms with Crippen molar-refractivity contribution >= 4 is 5.91 Å². The van der Waals surface area contributed by atoms with Crippen molar-refractivity contribution in [2.45, 2.75) is 129 Å². The fraction of sp³-hybridized carbons (Fsp3) is 0.750. The Morgan fingerprint density at radius 1 is 0.719 bits per heavy atom. The highest BCUT2D eigenvalue weighted by Gasteiger charge is 2.17. The molecule has 0 aliphatic carbocycles. The van der Waals surface area contributed by atoms with Crippen LogP contribution in [-0.4, -0.2) is 34.9 Å². The van der Waals surface area contributed by atoms with Crippen LogP contribution in [0.1, 0.15) is 117 Å². The van der Waals surface area contributed by atoms with E-state index in [9.17, 15) is 15.0 Å². The molecule has 0 rings (SSSR count). The average Bonchev–Trinajstić information content (AvgIpc) is 2.79. The summed E-state index contributed by atoms with van der Waals surface area (Å²) in [5.74, 6) is -0.0876. The Hall–Kier alpha value is -1.39. The normalized spacial score (nSPS) is 14.0. The second kappa shape index (κ2) is 24.3. The molecule has 0 aromatic carbocycles. The second-order valence-electron chi connectivity index (χ2n) is 8.74. The van der Waals surface area contributed by atoms with Crippen LogP contribution >= 0.6 is 0 Å². The molecule has 0 bridgehead atoms. The summed E-state index contributed by atoms with van der Waals surface area (Å²) in [6, 6.07) is -0.636. The average molecular weight is 450 g/mol. The molecule has 3 N–H and O–H groups in total. The number of aliphatic hydroxyl groups excluding tert-OH is 2. The number of carbonyl (C=O) groups excluding carboxylic acids is 1. The fourth-order valence-corrected chi connectivity index (χ4v) is 3.51. The number of carbonyl (C=O) groups is 1. The summed E-state index contributed by atoms with van der Waals surface area (Å²) < 4.78 is 0. The van der Waals surface area contributed by atoms with E-state index in [1.807, 2.05) is 6.08 Å². The third-order valence-electron chi connectivity index (χ3n) is 5.58. The summed E-state index contributed by atoms with van der Waals surface area (Å²) in [7, 11) is 0. The number of rotatable bonds is 22. The van der Waals surface area contributed by atoms with Crippen molar-refractivity contribution in [2.24, 2.45) is 0 Å². The van der Waals surface area contributed by atoms with Crippen LogP contribution in [0.4, 0.5) is 0 Å². The van der Waals surface area contributed by atoms with Crippen molar-refractivity contribution < 1.29 is 15.0 Å². The summed E-state index contributed by atoms with van der Waals surface area (Å²) in [6.45, 7) is 4.15. The third-order valence-corrected chi connectivity index (χ3v) is 5.58. The van der Waals surface area contributed by atoms with E-state index >= 15 is 0 Å². The van der Waals surface area contributed by atoms with Crippen molar-refractivity contribution in [2.75, 3.05) is 6.61 Å². The van der Waals surface area contributed by atoms with Crippen LogP contribution < -0.4 is 5.32 Å². The minimum absolute atomic E-state index is 0.0876. The first-order chi connectivity index (χ1) is 15.7. The molecule has 0 spiro atoms. The summed E-state index contributed by atoms with van der Waals surface area (Å²) in [4.78, 5) is 12.1. The highest BCUT2D eigenvalue weighted by Crippen LogP contribution is 2.10. The van der Waals surface area contributed by atoms with E-state index in [1.165, 1.54) is 51.4 Å². The first kappa shape index (κ1) is 30.6. The van der Waals surface area contributed by atoms with Gasteiger partial charge in [-0.2, -0.15) is 0 Å². The van der Waals surface area contributed by atoms with Gasteiger partial charge < -0.3 is 15.5 Å². The predicted molar refractivity (Wildman–Crippen MR) is 138 cm³/mol. The molecule has 0 saturated carbocycles. The first-order valence-electron chi connectivity index (χ1n) is 13.2. The number of unbranched alkanes of at least 4 members (excludes halogenated alkanes) is 11. The standard InChI is InChI=1S/C28H51NO3/c1-3-5-7-9-11-13-14-16-17-19-21-23-27(31)26(25-30)29-28(32)24-22-20-18-15-12-10-8-6-4-2/h7,9,14,16,21,23,26-27,30-31H,3-6,8,10-13,15,17-20,22,24-25H2,1-2H3,(H,29,32)/b9-7+,16-14+,23-21+. The van der Waals surface area contributed by atoms with Crippen LogP contribution in [0.15, 0.2) is 36.5 Å². The van der Waals surface area contributed by atoms with E-state index in [1.54, 1.807) is 6.08 Å². The molecule has 0 aliphatic rings. The SMILES string of the molecule is CCC/C=C/CC/C=C/CC/C=C/C(O)C(CO)NC(=O)CCCCCCCCCCC. The van der Waals surface area contributed by atoms with Crippen LogP contribution in [0.3, 0.4) is 0 Å². The van der Waals surface area contributed by atoms with Crippen molar-refractivity contribution in [3.63, 3.8) is 0 Å². The molecule has 0 heterocycles. The second-order valence-corrected chi connectivity index (χ2v) is 8.74. The molecule has 0 fully saturated rings. The number of hydrogen-bond donors (Lipinski definition) is 3. The van der Waals surface area contributed by atoms with E-state index in [2.05, 4.69) is 43.5 Å². The molecule has 1 amide bonds. The van der Waals surface area contributed by atoms with E-state index < -0.39 is 12.1 Å². The topological polar surface area (TPSA) is 69.6 Å². The Kier molecular flexibility index (Phi) is 23.2. The number of aliphatic hydroxyl groups is 2. The van der Waals surface area contributed by atoms with Crippen LogP contribution in [0.5, 0.6) is 0 Å². The number of amides is 1. The third kappa shape index (κ3) is 20.5. The van der Waals surface area contributed by atoms with Crippen LogP contribution in [0.2, 0.25) is 0 Å². The highest BCUT2D eigenvalue weighted by molar-refractivity contribution is 5.76. The van der Waals surface area contributed by atoms with Crippen molar-refractivity contribution in [1.29, 1.82) is 0 Å². The molecule has 4 nitrogen and oxygen atoms in total. The van der Waals surface area contributed by atoms with Gasteiger partial charge in [-0.3, -0.25) is 4.79 Å². The van der Waals surface area contributed by atoms with Gasteiger partial charge >= 0.3 is 0 Å². The van der Waals surface area contributed by atoms with Gasteiger partial charge in [-0.15, -0.1) is 0 Å². The van der Waals surface area contributed by atoms with E-state index in [0.29, 0.717) is 6.42 Å². The molecule has 0 radical (unpaired) electrons. The molecular weight excluding hydrogens is 398 g/mol. The van der Waals surface area contributed by atoms with Crippen molar-refractivity contribution in [1.82, 2.24) is 5.32 Å². The van der Waals surface area contributed by atoms with Crippen molar-refractivity contribution in [3.05, 3.63) is 36.5 Å². The van der Waals surface area contributed by atoms with Crippen LogP contribution in [0, 0.1) is 0 Å². The quantitative estimate of drug-likeness (QED) is 0.126. The molecule has 0 aliphatic heterocycles. The largest absolute Gasteiger partial charge is 0.394 e. The van der Waals surface area contributed by atoms with Gasteiger partial charge in [-0.1, -0.05) is 108 Å². The van der Waals surface area contributed by atoms with E-state index in [-0.39, 0.29) is 12.5 Å². The zero-order valence-electron chi connectivity index (χ0n) is 20.9. The van der Waals surface area contributed by atoms with Gasteiger partial charge in [0, 0.05) is 6.42 Å². The van der Waals surface area contributed by atoms with Gasteiger partial charge in [-0.05, 0) is 38.5 Å². The Labute approximate surface area is 198 Å². The lowest BCUT2D eigenvalue weighted by molar-refractivity contribution is -0.123. The molecule has 186 valence electrons. The van der Waals surface area contributed by atoms with Crippen LogP contribution in [0.25, 0.3) is 0 Å². The number of hydrogen-bond acceptors (Lipinski definition) is 3. The molecule has 2 atom stereocenters. The Morgan fingerprint density at radius 2 is 1.22 bits per heavy atom. The first-order valence-corrected chi connectivity index (χ1v) is 13.2. The molecule has 0 saturated heterocycles. The Morgan fingerprint density at radius 3 is 1.75 bits per heavy atom. The molecular formula is C28H51NO3. The minimum atomic E-state index is -0.861. The Balaban J connectivity index is 3.84. The van der Waals surface area contributed by atoms with Gasteiger partial charge in [0.15, 0.2) is 0 Å². The van der Waals surface area contributed by atoms with Gasteiger partial charge in [-0.25, -0.2) is 0 Å². The van der Waals surface area contributed by atoms with Gasteiger partial charge in [0.1, 0.15) is 0 Å². The van der Waals surface area contributed by atoms with Crippen LogP contribution in [-0.2, 0) is 4.79 Å². The number of nitrogens with one attached hydrogen (secondary N) is 1. The van der Waals surface area contributed by atoms with Gasteiger partial charge in [0.25, 0.3) is 0 Å². The zero-order valence-corrected chi connectivity index (χ0v) is 20.9. The monoisotopic (exact) mass is 449 g/mol. The minimum Gasteiger partial charge on any atom is -0.394 e. The molecule has 0 aromatic heterocycles. The lowest BCUT2D eigenvalue weighted by atomic mass is 10.1. The Bertz CT molecular complexity index is 499. The van der Waals surface area contributed by atoms with E-state index in [0.717, 1.165) is 44.9 Å².